The van der Waals surface area contributed by atoms with Crippen LogP contribution in [0.15, 0.2) is 30.5 Å². The lowest BCUT2D eigenvalue weighted by molar-refractivity contribution is -0.141. The summed E-state index contributed by atoms with van der Waals surface area (Å²) in [6.07, 6.45) is 2.46. The van der Waals surface area contributed by atoms with Gasteiger partial charge in [-0.15, -0.1) is 0 Å². The summed E-state index contributed by atoms with van der Waals surface area (Å²) in [7, 11) is 0. The van der Waals surface area contributed by atoms with Crippen molar-refractivity contribution in [3.05, 3.63) is 41.7 Å². The Labute approximate surface area is 111 Å². The monoisotopic (exact) mass is 256 g/mol. The lowest BCUT2D eigenvalue weighted by atomic mass is 9.97. The zero-order valence-electron chi connectivity index (χ0n) is 10.8. The molecule has 1 aliphatic heterocycles. The predicted octanol–water partition coefficient (Wildman–Crippen LogP) is 2.28. The van der Waals surface area contributed by atoms with Crippen molar-refractivity contribution in [3.63, 3.8) is 0 Å². The Kier molecular flexibility index (Phi) is 2.95. The van der Waals surface area contributed by atoms with E-state index in [1.54, 1.807) is 0 Å². The molecule has 4 heteroatoms. The first-order chi connectivity index (χ1) is 9.15. The van der Waals surface area contributed by atoms with Gasteiger partial charge in [0.05, 0.1) is 5.92 Å². The minimum atomic E-state index is -0.714. The second kappa shape index (κ2) is 4.63. The number of hydrogen-bond donors (Lipinski definition) is 2. The van der Waals surface area contributed by atoms with Gasteiger partial charge in [0.1, 0.15) is 0 Å². The molecule has 1 saturated heterocycles. The van der Waals surface area contributed by atoms with Crippen LogP contribution in [0.25, 0.3) is 10.8 Å². The van der Waals surface area contributed by atoms with Crippen LogP contribution in [0.3, 0.4) is 0 Å². The molecule has 0 amide bonds. The van der Waals surface area contributed by atoms with Gasteiger partial charge in [-0.2, -0.15) is 0 Å². The van der Waals surface area contributed by atoms with Gasteiger partial charge in [0.2, 0.25) is 0 Å². The Morgan fingerprint density at radius 2 is 2.26 bits per heavy atom. The van der Waals surface area contributed by atoms with Crippen LogP contribution >= 0.6 is 0 Å². The highest BCUT2D eigenvalue weighted by molar-refractivity contribution is 5.85. The van der Waals surface area contributed by atoms with Gasteiger partial charge in [-0.3, -0.25) is 9.78 Å². The van der Waals surface area contributed by atoms with E-state index in [0.29, 0.717) is 13.0 Å². The van der Waals surface area contributed by atoms with Crippen LogP contribution in [0.4, 0.5) is 0 Å². The highest BCUT2D eigenvalue weighted by Crippen LogP contribution is 2.29. The Balaban J connectivity index is 1.94. The van der Waals surface area contributed by atoms with Crippen molar-refractivity contribution in [2.45, 2.75) is 19.4 Å². The number of aromatic nitrogens is 1. The smallest absolute Gasteiger partial charge is 0.307 e. The minimum Gasteiger partial charge on any atom is -0.481 e. The molecule has 2 atom stereocenters. The van der Waals surface area contributed by atoms with Gasteiger partial charge >= 0.3 is 5.97 Å². The highest BCUT2D eigenvalue weighted by atomic mass is 16.4. The lowest BCUT2D eigenvalue weighted by Crippen LogP contribution is -2.17. The standard InChI is InChI=1S/C15H16N2O2/c1-9-13-6-11(3-2-10(13)4-5-16-9)14-7-12(8-17-14)15(18)19/h2-6,12,14,17H,7-8H2,1H3,(H,18,19). The number of aliphatic carboxylic acids is 1. The van der Waals surface area contributed by atoms with Crippen molar-refractivity contribution in [1.29, 1.82) is 0 Å². The Bertz CT molecular complexity index is 639. The van der Waals surface area contributed by atoms with Crippen molar-refractivity contribution in [2.75, 3.05) is 6.54 Å². The minimum absolute atomic E-state index is 0.130. The van der Waals surface area contributed by atoms with Crippen molar-refractivity contribution < 1.29 is 9.90 Å². The molecule has 2 heterocycles. The van der Waals surface area contributed by atoms with Gasteiger partial charge in [0, 0.05) is 29.9 Å². The molecular weight excluding hydrogens is 240 g/mol. The summed E-state index contributed by atoms with van der Waals surface area (Å²) >= 11 is 0. The third kappa shape index (κ3) is 2.19. The molecule has 3 rings (SSSR count). The molecule has 1 fully saturated rings. The van der Waals surface area contributed by atoms with Crippen molar-refractivity contribution in [3.8, 4) is 0 Å². The number of benzene rings is 1. The number of pyridine rings is 1. The first kappa shape index (κ1) is 12.1. The maximum Gasteiger partial charge on any atom is 0.307 e. The van der Waals surface area contributed by atoms with E-state index in [2.05, 4.69) is 28.5 Å². The number of rotatable bonds is 2. The largest absolute Gasteiger partial charge is 0.481 e. The van der Waals surface area contributed by atoms with Gasteiger partial charge in [0.25, 0.3) is 0 Å². The number of nitrogens with zero attached hydrogens (tertiary/aromatic N) is 1. The van der Waals surface area contributed by atoms with Crippen molar-refractivity contribution in [1.82, 2.24) is 10.3 Å². The van der Waals surface area contributed by atoms with E-state index in [1.165, 1.54) is 5.39 Å². The van der Waals surface area contributed by atoms with Gasteiger partial charge in [0.15, 0.2) is 0 Å². The molecule has 19 heavy (non-hydrogen) atoms. The molecule has 1 aliphatic rings. The third-order valence-corrected chi connectivity index (χ3v) is 3.87. The summed E-state index contributed by atoms with van der Waals surface area (Å²) in [6.45, 7) is 2.54. The SMILES string of the molecule is Cc1nccc2ccc(C3CC(C(=O)O)CN3)cc12. The predicted molar refractivity (Wildman–Crippen MR) is 73.0 cm³/mol. The van der Waals surface area contributed by atoms with Gasteiger partial charge in [-0.25, -0.2) is 0 Å². The number of carboxylic acid groups (broad SMARTS) is 1. The lowest BCUT2D eigenvalue weighted by Gasteiger charge is -2.12. The van der Waals surface area contributed by atoms with Crippen LogP contribution in [-0.4, -0.2) is 22.6 Å². The molecule has 0 bridgehead atoms. The van der Waals surface area contributed by atoms with E-state index in [1.807, 2.05) is 19.2 Å². The number of hydrogen-bond acceptors (Lipinski definition) is 3. The van der Waals surface area contributed by atoms with E-state index in [-0.39, 0.29) is 12.0 Å². The average molecular weight is 256 g/mol. The van der Waals surface area contributed by atoms with Crippen molar-refractivity contribution in [2.24, 2.45) is 5.92 Å². The number of aryl methyl sites for hydroxylation is 1. The van der Waals surface area contributed by atoms with Crippen LogP contribution in [0, 0.1) is 12.8 Å². The molecule has 2 unspecified atom stereocenters. The molecule has 98 valence electrons. The normalized spacial score (nSPS) is 22.8. The summed E-state index contributed by atoms with van der Waals surface area (Å²) in [6, 6.07) is 8.40. The van der Waals surface area contributed by atoms with E-state index in [0.717, 1.165) is 16.6 Å². The summed E-state index contributed by atoms with van der Waals surface area (Å²) in [5, 5.41) is 14.6. The van der Waals surface area contributed by atoms with Crippen LogP contribution in [0.2, 0.25) is 0 Å². The van der Waals surface area contributed by atoms with E-state index < -0.39 is 5.97 Å². The second-order valence-electron chi connectivity index (χ2n) is 5.11. The molecule has 1 aromatic heterocycles. The zero-order chi connectivity index (χ0) is 13.4. The van der Waals surface area contributed by atoms with Gasteiger partial charge in [-0.05, 0) is 36.4 Å². The fourth-order valence-corrected chi connectivity index (χ4v) is 2.73. The van der Waals surface area contributed by atoms with E-state index >= 15 is 0 Å². The zero-order valence-corrected chi connectivity index (χ0v) is 10.8. The van der Waals surface area contributed by atoms with Crippen LogP contribution in [0.5, 0.6) is 0 Å². The topological polar surface area (TPSA) is 62.2 Å². The maximum atomic E-state index is 11.0. The molecule has 2 N–H and O–H groups in total. The third-order valence-electron chi connectivity index (χ3n) is 3.87. The van der Waals surface area contributed by atoms with Crippen molar-refractivity contribution >= 4 is 16.7 Å². The van der Waals surface area contributed by atoms with Crippen LogP contribution in [0.1, 0.15) is 23.7 Å². The van der Waals surface area contributed by atoms with E-state index in [9.17, 15) is 4.79 Å². The summed E-state index contributed by atoms with van der Waals surface area (Å²) in [5.41, 5.74) is 2.15. The first-order valence-electron chi connectivity index (χ1n) is 6.46. The second-order valence-corrected chi connectivity index (χ2v) is 5.11. The van der Waals surface area contributed by atoms with Gasteiger partial charge in [-0.1, -0.05) is 12.1 Å². The van der Waals surface area contributed by atoms with Crippen LogP contribution in [-0.2, 0) is 4.79 Å². The quantitative estimate of drug-likeness (QED) is 0.865. The Morgan fingerprint density at radius 3 is 3.00 bits per heavy atom. The Morgan fingerprint density at radius 1 is 1.42 bits per heavy atom. The van der Waals surface area contributed by atoms with Crippen LogP contribution < -0.4 is 5.32 Å². The highest BCUT2D eigenvalue weighted by Gasteiger charge is 2.30. The molecular formula is C15H16N2O2. The molecule has 0 aliphatic carbocycles. The number of carbonyl (C=O) groups is 1. The molecule has 1 aromatic carbocycles. The maximum absolute atomic E-state index is 11.0. The molecule has 4 nitrogen and oxygen atoms in total. The summed E-state index contributed by atoms with van der Waals surface area (Å²) < 4.78 is 0. The first-order valence-corrected chi connectivity index (χ1v) is 6.46. The molecule has 0 spiro atoms. The summed E-state index contributed by atoms with van der Waals surface area (Å²) in [5.74, 6) is -0.996. The fourth-order valence-electron chi connectivity index (χ4n) is 2.73. The number of nitrogens with one attached hydrogen (secondary N) is 1. The van der Waals surface area contributed by atoms with E-state index in [4.69, 9.17) is 5.11 Å². The summed E-state index contributed by atoms with van der Waals surface area (Å²) in [4.78, 5) is 15.3. The molecule has 0 radical (unpaired) electrons. The van der Waals surface area contributed by atoms with Gasteiger partial charge < -0.3 is 10.4 Å². The Hall–Kier alpha value is -1.94. The average Bonchev–Trinajstić information content (AvgIpc) is 2.89. The molecule has 2 aromatic rings. The number of carboxylic acids is 1. The number of fused-ring (bicyclic) bond motifs is 1. The molecule has 0 saturated carbocycles. The fraction of sp³-hybridized carbons (Fsp3) is 0.333.